The molecular formula is C22H48O2S. The summed E-state index contributed by atoms with van der Waals surface area (Å²) in [6.07, 6.45) is 22.6. The van der Waals surface area contributed by atoms with Crippen molar-refractivity contribution in [1.82, 2.24) is 0 Å². The number of unbranched alkanes of at least 4 members (excludes halogenated alkanes) is 13. The number of rotatable bonds is 18. The van der Waals surface area contributed by atoms with E-state index < -0.39 is 0 Å². The molecule has 154 valence electrons. The second kappa shape index (κ2) is 26.5. The predicted molar refractivity (Wildman–Crippen MR) is 117 cm³/mol. The number of ether oxygens (including phenoxy) is 1. The standard InChI is InChI=1S/C19H40O.C3H8OS/c1-4-5-6-7-8-9-10-11-12-13-14-15-16-17-18-19(2)20-3;4-2-1-3-5/h19H,4-18H2,1-3H3;4-5H,1-3H2. The van der Waals surface area contributed by atoms with Gasteiger partial charge in [-0.2, -0.15) is 12.6 Å². The van der Waals surface area contributed by atoms with Crippen LogP contribution in [0.3, 0.4) is 0 Å². The van der Waals surface area contributed by atoms with Gasteiger partial charge in [-0.1, -0.05) is 96.8 Å². The summed E-state index contributed by atoms with van der Waals surface area (Å²) in [6, 6.07) is 0. The predicted octanol–water partition coefficient (Wildman–Crippen LogP) is 7.19. The second-order valence-electron chi connectivity index (χ2n) is 7.23. The van der Waals surface area contributed by atoms with Crippen molar-refractivity contribution >= 4 is 12.6 Å². The molecule has 1 N–H and O–H groups in total. The quantitative estimate of drug-likeness (QED) is 0.196. The highest BCUT2D eigenvalue weighted by molar-refractivity contribution is 7.80. The maximum absolute atomic E-state index is 8.02. The maximum atomic E-state index is 8.02. The highest BCUT2D eigenvalue weighted by Gasteiger charge is 1.98. The van der Waals surface area contributed by atoms with E-state index in [2.05, 4.69) is 26.5 Å². The first kappa shape index (κ1) is 27.5. The Kier molecular flexibility index (Phi) is 29.1. The highest BCUT2D eigenvalue weighted by atomic mass is 32.1. The summed E-state index contributed by atoms with van der Waals surface area (Å²) in [5.74, 6) is 0.788. The van der Waals surface area contributed by atoms with Crippen LogP contribution >= 0.6 is 12.6 Å². The zero-order valence-corrected chi connectivity index (χ0v) is 18.5. The average molecular weight is 377 g/mol. The van der Waals surface area contributed by atoms with Crippen molar-refractivity contribution in [2.24, 2.45) is 0 Å². The van der Waals surface area contributed by atoms with Gasteiger partial charge in [-0.25, -0.2) is 0 Å². The van der Waals surface area contributed by atoms with Gasteiger partial charge in [0.1, 0.15) is 0 Å². The van der Waals surface area contributed by atoms with E-state index in [9.17, 15) is 0 Å². The third kappa shape index (κ3) is 29.3. The molecule has 0 aliphatic carbocycles. The van der Waals surface area contributed by atoms with Gasteiger partial charge in [-0.3, -0.25) is 0 Å². The Balaban J connectivity index is 0. The van der Waals surface area contributed by atoms with Crippen molar-refractivity contribution in [1.29, 1.82) is 0 Å². The zero-order valence-electron chi connectivity index (χ0n) is 17.6. The Labute approximate surface area is 164 Å². The van der Waals surface area contributed by atoms with Crippen LogP contribution in [0.5, 0.6) is 0 Å². The molecule has 0 aliphatic rings. The Morgan fingerprint density at radius 2 is 1.12 bits per heavy atom. The van der Waals surface area contributed by atoms with Gasteiger partial charge in [-0.15, -0.1) is 0 Å². The molecule has 0 amide bonds. The van der Waals surface area contributed by atoms with Gasteiger partial charge < -0.3 is 9.84 Å². The summed E-state index contributed by atoms with van der Waals surface area (Å²) in [5.41, 5.74) is 0. The van der Waals surface area contributed by atoms with Gasteiger partial charge in [0.05, 0.1) is 6.10 Å². The third-order valence-corrected chi connectivity index (χ3v) is 5.00. The lowest BCUT2D eigenvalue weighted by molar-refractivity contribution is 0.108. The minimum Gasteiger partial charge on any atom is -0.396 e. The molecule has 0 aromatic rings. The van der Waals surface area contributed by atoms with Gasteiger partial charge in [-0.05, 0) is 25.5 Å². The number of hydrogen-bond acceptors (Lipinski definition) is 3. The van der Waals surface area contributed by atoms with Crippen molar-refractivity contribution in [3.63, 3.8) is 0 Å². The lowest BCUT2D eigenvalue weighted by Gasteiger charge is -2.08. The van der Waals surface area contributed by atoms with Gasteiger partial charge in [0.2, 0.25) is 0 Å². The van der Waals surface area contributed by atoms with Crippen molar-refractivity contribution in [3.8, 4) is 0 Å². The van der Waals surface area contributed by atoms with E-state index in [-0.39, 0.29) is 6.61 Å². The van der Waals surface area contributed by atoms with Crippen LogP contribution in [0.15, 0.2) is 0 Å². The van der Waals surface area contributed by atoms with Crippen molar-refractivity contribution in [2.45, 2.75) is 123 Å². The Bertz CT molecular complexity index is 210. The molecule has 0 saturated heterocycles. The lowest BCUT2D eigenvalue weighted by Crippen LogP contribution is -2.03. The zero-order chi connectivity index (χ0) is 19.0. The fourth-order valence-electron chi connectivity index (χ4n) is 2.81. The number of thiol groups is 1. The molecule has 0 radical (unpaired) electrons. The molecule has 0 saturated carbocycles. The molecule has 0 bridgehead atoms. The van der Waals surface area contributed by atoms with Crippen LogP contribution in [0.2, 0.25) is 0 Å². The fraction of sp³-hybridized carbons (Fsp3) is 1.00. The summed E-state index contributed by atoms with van der Waals surface area (Å²) < 4.78 is 5.26. The number of methoxy groups -OCH3 is 1. The second-order valence-corrected chi connectivity index (χ2v) is 7.68. The minimum atomic E-state index is 0.267. The largest absolute Gasteiger partial charge is 0.396 e. The van der Waals surface area contributed by atoms with Gasteiger partial charge in [0, 0.05) is 13.7 Å². The Hall–Kier alpha value is 0.270. The van der Waals surface area contributed by atoms with Gasteiger partial charge >= 0.3 is 0 Å². The minimum absolute atomic E-state index is 0.267. The van der Waals surface area contributed by atoms with E-state index in [1.807, 2.05) is 7.11 Å². The number of aliphatic hydroxyl groups is 1. The molecule has 0 heterocycles. The molecule has 0 rings (SSSR count). The summed E-state index contributed by atoms with van der Waals surface area (Å²) in [4.78, 5) is 0. The number of aliphatic hydroxyl groups excluding tert-OH is 1. The monoisotopic (exact) mass is 376 g/mol. The summed E-state index contributed by atoms with van der Waals surface area (Å²) in [5, 5.41) is 8.02. The average Bonchev–Trinajstić information content (AvgIpc) is 2.63. The molecule has 3 heteroatoms. The van der Waals surface area contributed by atoms with E-state index in [1.54, 1.807) is 0 Å². The fourth-order valence-corrected chi connectivity index (χ4v) is 2.96. The van der Waals surface area contributed by atoms with Crippen LogP contribution in [0.25, 0.3) is 0 Å². The molecule has 25 heavy (non-hydrogen) atoms. The third-order valence-electron chi connectivity index (χ3n) is 4.68. The van der Waals surface area contributed by atoms with E-state index in [1.165, 1.54) is 96.3 Å². The summed E-state index contributed by atoms with van der Waals surface area (Å²) in [6.45, 7) is 4.73. The highest BCUT2D eigenvalue weighted by Crippen LogP contribution is 2.13. The SMILES string of the molecule is CCCCCCCCCCCCCCCCC(C)OC.OCCCS. The van der Waals surface area contributed by atoms with Crippen molar-refractivity contribution in [2.75, 3.05) is 19.5 Å². The van der Waals surface area contributed by atoms with Crippen LogP contribution < -0.4 is 0 Å². The van der Waals surface area contributed by atoms with Crippen LogP contribution in [-0.2, 0) is 4.74 Å². The van der Waals surface area contributed by atoms with Crippen molar-refractivity contribution < 1.29 is 9.84 Å². The van der Waals surface area contributed by atoms with Gasteiger partial charge in [0.15, 0.2) is 0 Å². The Morgan fingerprint density at radius 1 is 0.720 bits per heavy atom. The van der Waals surface area contributed by atoms with E-state index in [4.69, 9.17) is 9.84 Å². The topological polar surface area (TPSA) is 29.5 Å². The van der Waals surface area contributed by atoms with Crippen LogP contribution in [0.4, 0.5) is 0 Å². The number of hydrogen-bond donors (Lipinski definition) is 2. The maximum Gasteiger partial charge on any atom is 0.0543 e. The summed E-state index contributed by atoms with van der Waals surface area (Å²) >= 11 is 3.84. The molecule has 0 aromatic heterocycles. The molecular weight excluding hydrogens is 328 g/mol. The van der Waals surface area contributed by atoms with Crippen LogP contribution in [0.1, 0.15) is 117 Å². The first-order chi connectivity index (χ1) is 12.2. The lowest BCUT2D eigenvalue weighted by atomic mass is 10.0. The van der Waals surface area contributed by atoms with Crippen LogP contribution in [-0.4, -0.2) is 30.7 Å². The molecule has 2 nitrogen and oxygen atoms in total. The summed E-state index contributed by atoms with van der Waals surface area (Å²) in [7, 11) is 1.81. The first-order valence-electron chi connectivity index (χ1n) is 11.0. The Morgan fingerprint density at radius 3 is 1.40 bits per heavy atom. The van der Waals surface area contributed by atoms with E-state index in [0.717, 1.165) is 12.2 Å². The molecule has 1 unspecified atom stereocenters. The van der Waals surface area contributed by atoms with E-state index in [0.29, 0.717) is 6.10 Å². The van der Waals surface area contributed by atoms with E-state index >= 15 is 0 Å². The molecule has 0 fully saturated rings. The van der Waals surface area contributed by atoms with Crippen molar-refractivity contribution in [3.05, 3.63) is 0 Å². The normalized spacial score (nSPS) is 11.9. The van der Waals surface area contributed by atoms with Crippen LogP contribution in [0, 0.1) is 0 Å². The molecule has 0 spiro atoms. The molecule has 0 aliphatic heterocycles. The smallest absolute Gasteiger partial charge is 0.0543 e. The van der Waals surface area contributed by atoms with Gasteiger partial charge in [0.25, 0.3) is 0 Å². The molecule has 1 atom stereocenters. The first-order valence-corrected chi connectivity index (χ1v) is 11.6. The molecule has 0 aromatic carbocycles.